The van der Waals surface area contributed by atoms with Gasteiger partial charge in [-0.2, -0.15) is 0 Å². The smallest absolute Gasteiger partial charge is 0.320 e. The molecule has 1 saturated carbocycles. The van der Waals surface area contributed by atoms with E-state index in [2.05, 4.69) is 20.8 Å². The van der Waals surface area contributed by atoms with Gasteiger partial charge in [-0.25, -0.2) is 0 Å². The number of ether oxygens (including phenoxy) is 4. The van der Waals surface area contributed by atoms with Crippen molar-refractivity contribution in [3.63, 3.8) is 0 Å². The molecule has 6 rings (SSSR count). The van der Waals surface area contributed by atoms with Gasteiger partial charge < -0.3 is 33.6 Å². The summed E-state index contributed by atoms with van der Waals surface area (Å²) in [6.07, 6.45) is 2.88. The first kappa shape index (κ1) is 30.4. The second kappa shape index (κ2) is 11.4. The van der Waals surface area contributed by atoms with Gasteiger partial charge in [-0.1, -0.05) is 26.8 Å². The highest BCUT2D eigenvalue weighted by Gasteiger charge is 2.60. The van der Waals surface area contributed by atoms with E-state index in [4.69, 9.17) is 18.9 Å². The molecule has 0 unspecified atom stereocenters. The molecule has 0 spiro atoms. The molecule has 44 heavy (non-hydrogen) atoms. The Bertz CT molecular complexity index is 1370. The zero-order valence-electron chi connectivity index (χ0n) is 26.3. The Kier molecular flexibility index (Phi) is 7.88. The summed E-state index contributed by atoms with van der Waals surface area (Å²) in [5, 5.41) is 0. The molecule has 0 aromatic heterocycles. The number of benzene rings is 1. The Balaban J connectivity index is 1.30. The van der Waals surface area contributed by atoms with Gasteiger partial charge in [-0.15, -0.1) is 0 Å². The lowest BCUT2D eigenvalue weighted by Crippen LogP contribution is -2.61. The molecule has 238 valence electrons. The maximum Gasteiger partial charge on any atom is 0.320 e. The van der Waals surface area contributed by atoms with Gasteiger partial charge in [-0.05, 0) is 55.4 Å². The number of piperidine rings is 1. The van der Waals surface area contributed by atoms with E-state index in [0.29, 0.717) is 43.4 Å². The minimum Gasteiger partial charge on any atom is -0.468 e. The summed E-state index contributed by atoms with van der Waals surface area (Å²) in [6.45, 7) is 10.2. The topological polar surface area (TPSA) is 115 Å². The van der Waals surface area contributed by atoms with E-state index < -0.39 is 23.4 Å². The molecular weight excluding hydrogens is 566 g/mol. The van der Waals surface area contributed by atoms with Crippen molar-refractivity contribution in [1.82, 2.24) is 14.7 Å². The maximum atomic E-state index is 14.4. The number of fused-ring (bicyclic) bond motifs is 2. The summed E-state index contributed by atoms with van der Waals surface area (Å²) in [5.41, 5.74) is -0.216. The summed E-state index contributed by atoms with van der Waals surface area (Å²) in [4.78, 5) is 59.6. The molecule has 1 aromatic carbocycles. The molecule has 4 atom stereocenters. The van der Waals surface area contributed by atoms with Crippen LogP contribution in [0.15, 0.2) is 30.0 Å². The van der Waals surface area contributed by atoms with E-state index in [-0.39, 0.29) is 61.3 Å². The molecule has 5 aliphatic rings. The number of methoxy groups -OCH3 is 1. The zero-order valence-corrected chi connectivity index (χ0v) is 26.3. The lowest BCUT2D eigenvalue weighted by Gasteiger charge is -2.53. The molecular formula is C33H43N3O8. The Hall–Kier alpha value is -3.60. The first-order valence-corrected chi connectivity index (χ1v) is 15.6. The van der Waals surface area contributed by atoms with Crippen LogP contribution >= 0.6 is 0 Å². The van der Waals surface area contributed by atoms with Crippen LogP contribution in [0.25, 0.3) is 0 Å². The molecule has 4 heterocycles. The van der Waals surface area contributed by atoms with Gasteiger partial charge in [0, 0.05) is 50.1 Å². The summed E-state index contributed by atoms with van der Waals surface area (Å²) < 4.78 is 22.9. The molecule has 11 nitrogen and oxygen atoms in total. The third kappa shape index (κ3) is 5.44. The molecule has 0 bridgehead atoms. The minimum absolute atomic E-state index is 0.0471. The second-order valence-corrected chi connectivity index (χ2v) is 13.8. The maximum absolute atomic E-state index is 14.4. The highest BCUT2D eigenvalue weighted by molar-refractivity contribution is 5.93. The van der Waals surface area contributed by atoms with Crippen molar-refractivity contribution >= 4 is 23.7 Å². The molecule has 3 amide bonds. The predicted octanol–water partition coefficient (Wildman–Crippen LogP) is 3.11. The number of likely N-dealkylation sites (tertiary alicyclic amines) is 1. The second-order valence-electron chi connectivity index (χ2n) is 13.8. The number of hydrogen-bond acceptors (Lipinski definition) is 8. The van der Waals surface area contributed by atoms with Gasteiger partial charge in [0.05, 0.1) is 25.9 Å². The molecule has 0 N–H and O–H groups in total. The fourth-order valence-electron chi connectivity index (χ4n) is 6.93. The fraction of sp³-hybridized carbons (Fsp3) is 0.636. The van der Waals surface area contributed by atoms with E-state index in [0.717, 1.165) is 18.4 Å². The van der Waals surface area contributed by atoms with Gasteiger partial charge in [0.1, 0.15) is 5.41 Å². The van der Waals surface area contributed by atoms with E-state index in [1.54, 1.807) is 9.80 Å². The van der Waals surface area contributed by atoms with Crippen LogP contribution in [0.5, 0.6) is 11.5 Å². The van der Waals surface area contributed by atoms with Gasteiger partial charge in [0.15, 0.2) is 11.5 Å². The molecule has 4 aliphatic heterocycles. The largest absolute Gasteiger partial charge is 0.468 e. The van der Waals surface area contributed by atoms with Crippen molar-refractivity contribution in [2.45, 2.75) is 72.1 Å². The summed E-state index contributed by atoms with van der Waals surface area (Å²) in [5.74, 6) is -0.0797. The van der Waals surface area contributed by atoms with Crippen molar-refractivity contribution in [3.8, 4) is 11.5 Å². The summed E-state index contributed by atoms with van der Waals surface area (Å²) in [6, 6.07) is 5.53. The summed E-state index contributed by atoms with van der Waals surface area (Å²) in [7, 11) is 1.35. The van der Waals surface area contributed by atoms with Gasteiger partial charge in [0.25, 0.3) is 0 Å². The van der Waals surface area contributed by atoms with Crippen LogP contribution in [0.1, 0.15) is 58.9 Å². The Labute approximate surface area is 258 Å². The summed E-state index contributed by atoms with van der Waals surface area (Å²) >= 11 is 0. The highest BCUT2D eigenvalue weighted by Crippen LogP contribution is 2.52. The molecule has 1 aliphatic carbocycles. The monoisotopic (exact) mass is 609 g/mol. The zero-order chi connectivity index (χ0) is 31.4. The number of nitrogens with zero attached hydrogens (tertiary/aromatic N) is 3. The number of carbonyl (C=O) groups excluding carboxylic acids is 4. The molecule has 1 aromatic rings. The van der Waals surface area contributed by atoms with Crippen LogP contribution < -0.4 is 9.47 Å². The number of hydrogen-bond donors (Lipinski definition) is 0. The van der Waals surface area contributed by atoms with Crippen LogP contribution in [-0.4, -0.2) is 90.7 Å². The molecule has 3 fully saturated rings. The Morgan fingerprint density at radius 1 is 1.02 bits per heavy atom. The van der Waals surface area contributed by atoms with E-state index in [9.17, 15) is 19.2 Å². The number of carbonyl (C=O) groups is 4. The van der Waals surface area contributed by atoms with Crippen molar-refractivity contribution in [1.29, 1.82) is 0 Å². The average molecular weight is 610 g/mol. The molecule has 11 heteroatoms. The normalized spacial score (nSPS) is 28.4. The van der Waals surface area contributed by atoms with E-state index >= 15 is 0 Å². The van der Waals surface area contributed by atoms with Crippen LogP contribution in [0.3, 0.4) is 0 Å². The average Bonchev–Trinajstić information content (AvgIpc) is 3.75. The van der Waals surface area contributed by atoms with E-state index in [1.807, 2.05) is 36.1 Å². The van der Waals surface area contributed by atoms with Crippen molar-refractivity contribution < 1.29 is 38.1 Å². The Morgan fingerprint density at radius 2 is 1.70 bits per heavy atom. The van der Waals surface area contributed by atoms with Gasteiger partial charge >= 0.3 is 5.97 Å². The first-order chi connectivity index (χ1) is 20.9. The number of amides is 3. The molecule has 2 saturated heterocycles. The standard InChI is InChI=1S/C33H43N3O8/c1-20-33(31(40)41-5)17-23(15-28(37)34-10-12-35(13-11-34)29(38)22-7-8-22)30(39)36(26(33)16-27(44-20)32(2,3)4)18-21-6-9-24-25(14-21)43-19-42-24/h6,9,14,16,20,22-23,27H,7-8,10-13,15,17-19H2,1-5H3/t20-,23+,27-,33+/m1/s1. The van der Waals surface area contributed by atoms with Crippen LogP contribution in [0, 0.1) is 22.7 Å². The lowest BCUT2D eigenvalue weighted by atomic mass is 9.65. The quantitative estimate of drug-likeness (QED) is 0.452. The lowest BCUT2D eigenvalue weighted by molar-refractivity contribution is -0.180. The predicted molar refractivity (Wildman–Crippen MR) is 158 cm³/mol. The third-order valence-electron chi connectivity index (χ3n) is 9.76. The SMILES string of the molecule is COC(=O)[C@]12C[C@H](CC(=O)N3CCN(C(=O)C4CC4)CC3)C(=O)N(Cc3ccc4c(c3)OCO4)C1=C[C@H](C(C)(C)C)O[C@@H]2C. The van der Waals surface area contributed by atoms with Crippen molar-refractivity contribution in [2.75, 3.05) is 40.1 Å². The van der Waals surface area contributed by atoms with Crippen LogP contribution in [-0.2, 0) is 35.2 Å². The number of piperazine rings is 1. The minimum atomic E-state index is -1.28. The van der Waals surface area contributed by atoms with Crippen LogP contribution in [0.2, 0.25) is 0 Å². The van der Waals surface area contributed by atoms with Gasteiger partial charge in [0.2, 0.25) is 24.5 Å². The third-order valence-corrected chi connectivity index (χ3v) is 9.76. The number of rotatable bonds is 6. The highest BCUT2D eigenvalue weighted by atomic mass is 16.7. The first-order valence-electron chi connectivity index (χ1n) is 15.6. The van der Waals surface area contributed by atoms with Crippen LogP contribution in [0.4, 0.5) is 0 Å². The van der Waals surface area contributed by atoms with Crippen molar-refractivity contribution in [3.05, 3.63) is 35.5 Å². The van der Waals surface area contributed by atoms with Crippen molar-refractivity contribution in [2.24, 2.45) is 22.7 Å². The Morgan fingerprint density at radius 3 is 2.36 bits per heavy atom. The van der Waals surface area contributed by atoms with Gasteiger partial charge in [-0.3, -0.25) is 19.2 Å². The molecule has 0 radical (unpaired) electrons. The fourth-order valence-corrected chi connectivity index (χ4v) is 6.93. The van der Waals surface area contributed by atoms with E-state index in [1.165, 1.54) is 7.11 Å². The number of esters is 1.